The highest BCUT2D eigenvalue weighted by molar-refractivity contribution is 9.10. The molecule has 0 aromatic heterocycles. The first kappa shape index (κ1) is 19.7. The van der Waals surface area contributed by atoms with Crippen LogP contribution in [0.5, 0.6) is 0 Å². The summed E-state index contributed by atoms with van der Waals surface area (Å²) in [5.41, 5.74) is 1.94. The van der Waals surface area contributed by atoms with Gasteiger partial charge in [0.05, 0.1) is 5.69 Å². The molecule has 0 aliphatic heterocycles. The van der Waals surface area contributed by atoms with Gasteiger partial charge < -0.3 is 9.80 Å². The van der Waals surface area contributed by atoms with Crippen molar-refractivity contribution in [3.8, 4) is 0 Å². The SMILES string of the molecule is CCCN(CCC)C(=O)CCN(C(C)=O)c1ccc(C)cc1Br. The quantitative estimate of drug-likeness (QED) is 0.677. The zero-order chi connectivity index (χ0) is 17.4. The Balaban J connectivity index is 2.80. The number of halogens is 1. The first-order valence-electron chi connectivity index (χ1n) is 8.22. The maximum absolute atomic E-state index is 12.4. The van der Waals surface area contributed by atoms with Gasteiger partial charge >= 0.3 is 0 Å². The molecule has 5 heteroatoms. The van der Waals surface area contributed by atoms with E-state index in [0.29, 0.717) is 13.0 Å². The van der Waals surface area contributed by atoms with Crippen LogP contribution in [-0.4, -0.2) is 36.3 Å². The number of rotatable bonds is 8. The van der Waals surface area contributed by atoms with Gasteiger partial charge in [-0.25, -0.2) is 0 Å². The zero-order valence-electron chi connectivity index (χ0n) is 14.6. The Hall–Kier alpha value is -1.36. The normalized spacial score (nSPS) is 10.5. The summed E-state index contributed by atoms with van der Waals surface area (Å²) in [5.74, 6) is 0.0584. The van der Waals surface area contributed by atoms with Gasteiger partial charge in [-0.05, 0) is 53.4 Å². The average molecular weight is 383 g/mol. The lowest BCUT2D eigenvalue weighted by Gasteiger charge is -2.25. The van der Waals surface area contributed by atoms with Gasteiger partial charge in [-0.1, -0.05) is 19.9 Å². The Morgan fingerprint density at radius 2 is 1.70 bits per heavy atom. The van der Waals surface area contributed by atoms with E-state index in [4.69, 9.17) is 0 Å². The molecule has 0 saturated heterocycles. The summed E-state index contributed by atoms with van der Waals surface area (Å²) in [7, 11) is 0. The molecule has 0 aliphatic rings. The second-order valence-corrected chi connectivity index (χ2v) is 6.61. The third-order valence-corrected chi connectivity index (χ3v) is 4.30. The van der Waals surface area contributed by atoms with Crippen molar-refractivity contribution in [1.29, 1.82) is 0 Å². The molecule has 0 spiro atoms. The molecule has 128 valence electrons. The van der Waals surface area contributed by atoms with Crippen LogP contribution in [0, 0.1) is 6.92 Å². The minimum absolute atomic E-state index is 0.0557. The highest BCUT2D eigenvalue weighted by atomic mass is 79.9. The van der Waals surface area contributed by atoms with E-state index in [2.05, 4.69) is 29.8 Å². The summed E-state index contributed by atoms with van der Waals surface area (Å²) < 4.78 is 0.874. The van der Waals surface area contributed by atoms with Gasteiger partial charge in [-0.2, -0.15) is 0 Å². The number of hydrogen-bond donors (Lipinski definition) is 0. The second-order valence-electron chi connectivity index (χ2n) is 5.76. The van der Waals surface area contributed by atoms with Crippen molar-refractivity contribution in [3.05, 3.63) is 28.2 Å². The highest BCUT2D eigenvalue weighted by Crippen LogP contribution is 2.27. The number of carbonyl (C=O) groups excluding carboxylic acids is 2. The lowest BCUT2D eigenvalue weighted by atomic mass is 10.2. The summed E-state index contributed by atoms with van der Waals surface area (Å²) in [6, 6.07) is 5.87. The molecule has 0 N–H and O–H groups in total. The predicted molar refractivity (Wildman–Crippen MR) is 98.7 cm³/mol. The largest absolute Gasteiger partial charge is 0.343 e. The van der Waals surface area contributed by atoms with Crippen LogP contribution in [0.3, 0.4) is 0 Å². The van der Waals surface area contributed by atoms with Gasteiger partial charge in [0.2, 0.25) is 11.8 Å². The Bertz CT molecular complexity index is 540. The summed E-state index contributed by atoms with van der Waals surface area (Å²) in [6.45, 7) is 9.64. The molecule has 2 amide bonds. The number of hydrogen-bond acceptors (Lipinski definition) is 2. The van der Waals surface area contributed by atoms with E-state index >= 15 is 0 Å². The van der Waals surface area contributed by atoms with Crippen molar-refractivity contribution < 1.29 is 9.59 Å². The lowest BCUT2D eigenvalue weighted by molar-refractivity contribution is -0.131. The van der Waals surface area contributed by atoms with Crippen molar-refractivity contribution in [1.82, 2.24) is 4.90 Å². The lowest BCUT2D eigenvalue weighted by Crippen LogP contribution is -2.37. The Labute approximate surface area is 148 Å². The molecular formula is C18H27BrN2O2. The van der Waals surface area contributed by atoms with E-state index in [-0.39, 0.29) is 11.8 Å². The van der Waals surface area contributed by atoms with Crippen molar-refractivity contribution >= 4 is 33.4 Å². The minimum Gasteiger partial charge on any atom is -0.343 e. The van der Waals surface area contributed by atoms with Gasteiger partial charge in [-0.3, -0.25) is 9.59 Å². The van der Waals surface area contributed by atoms with Crippen LogP contribution in [-0.2, 0) is 9.59 Å². The van der Waals surface area contributed by atoms with Crippen LogP contribution in [0.2, 0.25) is 0 Å². The van der Waals surface area contributed by atoms with Crippen LogP contribution < -0.4 is 4.90 Å². The number of nitrogens with zero attached hydrogens (tertiary/aromatic N) is 2. The van der Waals surface area contributed by atoms with Gasteiger partial charge in [-0.15, -0.1) is 0 Å². The molecule has 0 atom stereocenters. The summed E-state index contributed by atoms with van der Waals surface area (Å²) >= 11 is 3.51. The van der Waals surface area contributed by atoms with Gasteiger partial charge in [0, 0.05) is 37.5 Å². The standard InChI is InChI=1S/C18H27BrN2O2/c1-5-10-20(11-6-2)18(23)9-12-21(15(4)22)17-8-7-14(3)13-16(17)19/h7-8,13H,5-6,9-12H2,1-4H3. The maximum atomic E-state index is 12.4. The van der Waals surface area contributed by atoms with Crippen molar-refractivity contribution in [2.24, 2.45) is 0 Å². The van der Waals surface area contributed by atoms with Crippen LogP contribution in [0.4, 0.5) is 5.69 Å². The third kappa shape index (κ3) is 5.98. The molecular weight excluding hydrogens is 356 g/mol. The fourth-order valence-corrected chi connectivity index (χ4v) is 3.25. The highest BCUT2D eigenvalue weighted by Gasteiger charge is 2.18. The smallest absolute Gasteiger partial charge is 0.224 e. The van der Waals surface area contributed by atoms with Gasteiger partial charge in [0.25, 0.3) is 0 Å². The molecule has 23 heavy (non-hydrogen) atoms. The molecule has 0 bridgehead atoms. The number of amides is 2. The minimum atomic E-state index is -0.0557. The number of aryl methyl sites for hydroxylation is 1. The Kier molecular flexibility index (Phi) is 8.31. The van der Waals surface area contributed by atoms with Crippen LogP contribution in [0.15, 0.2) is 22.7 Å². The molecule has 1 rings (SSSR count). The first-order valence-corrected chi connectivity index (χ1v) is 9.02. The number of carbonyl (C=O) groups is 2. The average Bonchev–Trinajstić information content (AvgIpc) is 2.48. The Morgan fingerprint density at radius 1 is 1.09 bits per heavy atom. The van der Waals surface area contributed by atoms with Crippen LogP contribution in [0.1, 0.15) is 45.6 Å². The van der Waals surface area contributed by atoms with Crippen molar-refractivity contribution in [2.75, 3.05) is 24.5 Å². The van der Waals surface area contributed by atoms with E-state index < -0.39 is 0 Å². The fraction of sp³-hybridized carbons (Fsp3) is 0.556. The van der Waals surface area contributed by atoms with E-state index in [1.165, 1.54) is 6.92 Å². The topological polar surface area (TPSA) is 40.6 Å². The predicted octanol–water partition coefficient (Wildman–Crippen LogP) is 4.15. The van der Waals surface area contributed by atoms with Crippen LogP contribution >= 0.6 is 15.9 Å². The molecule has 1 aromatic carbocycles. The molecule has 4 nitrogen and oxygen atoms in total. The summed E-state index contributed by atoms with van der Waals surface area (Å²) in [5, 5.41) is 0. The summed E-state index contributed by atoms with van der Waals surface area (Å²) in [6.07, 6.45) is 2.25. The molecule has 0 saturated carbocycles. The van der Waals surface area contributed by atoms with Crippen molar-refractivity contribution in [2.45, 2.75) is 47.0 Å². The Morgan fingerprint density at radius 3 is 2.17 bits per heavy atom. The number of benzene rings is 1. The fourth-order valence-electron chi connectivity index (χ4n) is 2.54. The molecule has 0 fully saturated rings. The number of anilines is 1. The molecule has 0 radical (unpaired) electrons. The monoisotopic (exact) mass is 382 g/mol. The van der Waals surface area contributed by atoms with E-state index in [9.17, 15) is 9.59 Å². The van der Waals surface area contributed by atoms with Crippen LogP contribution in [0.25, 0.3) is 0 Å². The first-order chi connectivity index (χ1) is 10.9. The van der Waals surface area contributed by atoms with E-state index in [1.54, 1.807) is 4.90 Å². The molecule has 0 heterocycles. The molecule has 0 aliphatic carbocycles. The van der Waals surface area contributed by atoms with E-state index in [1.807, 2.05) is 30.0 Å². The third-order valence-electron chi connectivity index (χ3n) is 3.66. The zero-order valence-corrected chi connectivity index (χ0v) is 16.1. The van der Waals surface area contributed by atoms with Gasteiger partial charge in [0.1, 0.15) is 0 Å². The van der Waals surface area contributed by atoms with E-state index in [0.717, 1.165) is 41.7 Å². The molecule has 1 aromatic rings. The molecule has 0 unspecified atom stereocenters. The maximum Gasteiger partial charge on any atom is 0.224 e. The second kappa shape index (κ2) is 9.71. The summed E-state index contributed by atoms with van der Waals surface area (Å²) in [4.78, 5) is 27.9. The van der Waals surface area contributed by atoms with Gasteiger partial charge in [0.15, 0.2) is 0 Å². The van der Waals surface area contributed by atoms with Crippen molar-refractivity contribution in [3.63, 3.8) is 0 Å².